The van der Waals surface area contributed by atoms with Crippen LogP contribution in [0.2, 0.25) is 5.02 Å². The van der Waals surface area contributed by atoms with E-state index in [4.69, 9.17) is 11.6 Å². The van der Waals surface area contributed by atoms with Crippen LogP contribution in [0.1, 0.15) is 5.56 Å². The molecule has 0 N–H and O–H groups in total. The Morgan fingerprint density at radius 1 is 0.955 bits per heavy atom. The molecule has 110 valence electrons. The molecule has 0 fully saturated rings. The van der Waals surface area contributed by atoms with Gasteiger partial charge in [-0.15, -0.1) is 0 Å². The average molecular weight is 376 g/mol. The largest absolute Gasteiger partial charge is 0.268 e. The first-order valence-corrected chi connectivity index (χ1v) is 7.87. The summed E-state index contributed by atoms with van der Waals surface area (Å²) in [4.78, 5) is 12.0. The highest BCUT2D eigenvalue weighted by Crippen LogP contribution is 2.19. The van der Waals surface area contributed by atoms with Crippen molar-refractivity contribution in [2.24, 2.45) is 0 Å². The first-order valence-electron chi connectivity index (χ1n) is 6.70. The van der Waals surface area contributed by atoms with Gasteiger partial charge in [0.25, 0.3) is 5.56 Å². The normalized spacial score (nSPS) is 10.6. The van der Waals surface area contributed by atoms with Gasteiger partial charge < -0.3 is 0 Å². The minimum atomic E-state index is -0.129. The van der Waals surface area contributed by atoms with E-state index >= 15 is 0 Å². The van der Waals surface area contributed by atoms with Gasteiger partial charge in [0.1, 0.15) is 0 Å². The lowest BCUT2D eigenvalue weighted by Gasteiger charge is -2.07. The van der Waals surface area contributed by atoms with Crippen LogP contribution in [0.5, 0.6) is 0 Å². The molecule has 0 aliphatic heterocycles. The molecule has 0 atom stereocenters. The summed E-state index contributed by atoms with van der Waals surface area (Å²) in [6.45, 7) is 0.417. The van der Waals surface area contributed by atoms with E-state index in [1.807, 2.05) is 36.4 Å². The molecule has 3 nitrogen and oxygen atoms in total. The van der Waals surface area contributed by atoms with Crippen LogP contribution in [-0.4, -0.2) is 9.78 Å². The Hall–Kier alpha value is -1.91. The quantitative estimate of drug-likeness (QED) is 0.681. The molecule has 0 bridgehead atoms. The number of hydrogen-bond donors (Lipinski definition) is 0. The van der Waals surface area contributed by atoms with Gasteiger partial charge in [-0.1, -0.05) is 51.8 Å². The third-order valence-corrected chi connectivity index (χ3v) is 4.03. The van der Waals surface area contributed by atoms with Crippen molar-refractivity contribution >= 4 is 27.5 Å². The smallest absolute Gasteiger partial charge is 0.267 e. The maximum atomic E-state index is 12.0. The molecule has 0 saturated heterocycles. The van der Waals surface area contributed by atoms with Gasteiger partial charge in [0, 0.05) is 21.1 Å². The van der Waals surface area contributed by atoms with Crippen LogP contribution in [0.15, 0.2) is 69.9 Å². The van der Waals surface area contributed by atoms with Gasteiger partial charge in [0.2, 0.25) is 0 Å². The topological polar surface area (TPSA) is 34.9 Å². The lowest BCUT2D eigenvalue weighted by Crippen LogP contribution is -2.22. The van der Waals surface area contributed by atoms with E-state index in [1.165, 1.54) is 4.68 Å². The number of aromatic nitrogens is 2. The van der Waals surface area contributed by atoms with Crippen molar-refractivity contribution in [3.8, 4) is 11.3 Å². The highest BCUT2D eigenvalue weighted by Gasteiger charge is 2.04. The van der Waals surface area contributed by atoms with Crippen LogP contribution in [0, 0.1) is 0 Å². The first kappa shape index (κ1) is 15.0. The van der Waals surface area contributed by atoms with Crippen LogP contribution in [0.3, 0.4) is 0 Å². The zero-order valence-electron chi connectivity index (χ0n) is 11.5. The fraction of sp³-hybridized carbons (Fsp3) is 0.0588. The first-order chi connectivity index (χ1) is 10.6. The second-order valence-electron chi connectivity index (χ2n) is 4.85. The summed E-state index contributed by atoms with van der Waals surface area (Å²) in [7, 11) is 0. The molecule has 3 aromatic rings. The van der Waals surface area contributed by atoms with E-state index in [1.54, 1.807) is 24.3 Å². The molecule has 2 aromatic carbocycles. The molecule has 0 amide bonds. The summed E-state index contributed by atoms with van der Waals surface area (Å²) >= 11 is 9.28. The molecular weight excluding hydrogens is 364 g/mol. The summed E-state index contributed by atoms with van der Waals surface area (Å²) in [5.74, 6) is 0. The third-order valence-electron chi connectivity index (χ3n) is 3.25. The summed E-state index contributed by atoms with van der Waals surface area (Å²) in [6, 6.07) is 18.5. The Labute approximate surface area is 141 Å². The Bertz CT molecular complexity index is 842. The van der Waals surface area contributed by atoms with Crippen LogP contribution in [-0.2, 0) is 6.54 Å². The van der Waals surface area contributed by atoms with Crippen molar-refractivity contribution in [2.45, 2.75) is 6.54 Å². The molecule has 0 aliphatic rings. The zero-order valence-corrected chi connectivity index (χ0v) is 13.9. The summed E-state index contributed by atoms with van der Waals surface area (Å²) in [5.41, 5.74) is 2.58. The van der Waals surface area contributed by atoms with Gasteiger partial charge in [-0.25, -0.2) is 4.68 Å². The van der Waals surface area contributed by atoms with Crippen molar-refractivity contribution in [1.29, 1.82) is 0 Å². The van der Waals surface area contributed by atoms with Crippen LogP contribution in [0.25, 0.3) is 11.3 Å². The minimum Gasteiger partial charge on any atom is -0.268 e. The van der Waals surface area contributed by atoms with E-state index in [0.717, 1.165) is 21.3 Å². The van der Waals surface area contributed by atoms with E-state index < -0.39 is 0 Å². The molecule has 0 unspecified atom stereocenters. The number of nitrogens with zero attached hydrogens (tertiary/aromatic N) is 2. The maximum absolute atomic E-state index is 12.0. The van der Waals surface area contributed by atoms with Crippen molar-refractivity contribution < 1.29 is 0 Å². The van der Waals surface area contributed by atoms with Crippen molar-refractivity contribution in [3.63, 3.8) is 0 Å². The number of benzene rings is 2. The second kappa shape index (κ2) is 6.46. The number of rotatable bonds is 3. The van der Waals surface area contributed by atoms with Crippen LogP contribution in [0.4, 0.5) is 0 Å². The molecule has 1 aromatic heterocycles. The molecule has 5 heteroatoms. The van der Waals surface area contributed by atoms with Gasteiger partial charge in [-0.3, -0.25) is 4.79 Å². The van der Waals surface area contributed by atoms with E-state index in [-0.39, 0.29) is 5.56 Å². The van der Waals surface area contributed by atoms with Crippen molar-refractivity contribution in [1.82, 2.24) is 9.78 Å². The number of hydrogen-bond acceptors (Lipinski definition) is 2. The molecule has 3 rings (SSSR count). The molecule has 0 radical (unpaired) electrons. The molecule has 0 spiro atoms. The van der Waals surface area contributed by atoms with Crippen molar-refractivity contribution in [3.05, 3.63) is 86.1 Å². The monoisotopic (exact) mass is 374 g/mol. The SMILES string of the molecule is O=c1ccc(-c2ccc(Br)cc2)nn1Cc1ccc(Cl)cc1. The lowest BCUT2D eigenvalue weighted by atomic mass is 10.1. The Kier molecular flexibility index (Phi) is 4.41. The van der Waals surface area contributed by atoms with Crippen LogP contribution < -0.4 is 5.56 Å². The summed E-state index contributed by atoms with van der Waals surface area (Å²) in [6.07, 6.45) is 0. The Balaban J connectivity index is 1.94. The standard InChI is InChI=1S/C17H12BrClN2O/c18-14-5-3-13(4-6-14)16-9-10-17(22)21(20-16)11-12-1-7-15(19)8-2-12/h1-10H,11H2. The van der Waals surface area contributed by atoms with Gasteiger partial charge in [0.05, 0.1) is 12.2 Å². The minimum absolute atomic E-state index is 0.129. The summed E-state index contributed by atoms with van der Waals surface area (Å²) in [5, 5.41) is 5.12. The van der Waals surface area contributed by atoms with Gasteiger partial charge in [-0.05, 0) is 35.9 Å². The second-order valence-corrected chi connectivity index (χ2v) is 6.20. The van der Waals surface area contributed by atoms with Gasteiger partial charge in [-0.2, -0.15) is 5.10 Å². The fourth-order valence-electron chi connectivity index (χ4n) is 2.10. The van der Waals surface area contributed by atoms with E-state index in [2.05, 4.69) is 21.0 Å². The predicted molar refractivity (Wildman–Crippen MR) is 92.2 cm³/mol. The van der Waals surface area contributed by atoms with Crippen LogP contribution >= 0.6 is 27.5 Å². The third kappa shape index (κ3) is 3.46. The molecule has 0 aliphatic carbocycles. The number of halogens is 2. The van der Waals surface area contributed by atoms with Crippen molar-refractivity contribution in [2.75, 3.05) is 0 Å². The van der Waals surface area contributed by atoms with Gasteiger partial charge >= 0.3 is 0 Å². The van der Waals surface area contributed by atoms with E-state index in [9.17, 15) is 4.79 Å². The van der Waals surface area contributed by atoms with Gasteiger partial charge in [0.15, 0.2) is 0 Å². The average Bonchev–Trinajstić information content (AvgIpc) is 2.52. The van der Waals surface area contributed by atoms with E-state index in [0.29, 0.717) is 11.6 Å². The lowest BCUT2D eigenvalue weighted by molar-refractivity contribution is 0.643. The zero-order chi connectivity index (χ0) is 15.5. The molecule has 22 heavy (non-hydrogen) atoms. The highest BCUT2D eigenvalue weighted by atomic mass is 79.9. The fourth-order valence-corrected chi connectivity index (χ4v) is 2.49. The Morgan fingerprint density at radius 2 is 1.64 bits per heavy atom. The highest BCUT2D eigenvalue weighted by molar-refractivity contribution is 9.10. The molecule has 1 heterocycles. The predicted octanol–water partition coefficient (Wildman–Crippen LogP) is 4.37. The molecular formula is C17H12BrClN2O. The Morgan fingerprint density at radius 3 is 2.32 bits per heavy atom. The summed E-state index contributed by atoms with van der Waals surface area (Å²) < 4.78 is 2.46. The molecule has 0 saturated carbocycles. The maximum Gasteiger partial charge on any atom is 0.267 e.